The van der Waals surface area contributed by atoms with Crippen LogP contribution in [0.3, 0.4) is 0 Å². The van der Waals surface area contributed by atoms with Gasteiger partial charge in [-0.15, -0.1) is 21.5 Å². The highest BCUT2D eigenvalue weighted by atomic mass is 35.5. The van der Waals surface area contributed by atoms with Gasteiger partial charge in [0.05, 0.1) is 5.69 Å². The lowest BCUT2D eigenvalue weighted by Gasteiger charge is -1.97. The largest absolute Gasteiger partial charge is 0.452 e. The third-order valence-electron chi connectivity index (χ3n) is 3.46. The molecule has 9 heteroatoms. The third-order valence-corrected chi connectivity index (χ3v) is 4.49. The number of fused-ring (bicyclic) bond motifs is 1. The molecule has 0 unspecified atom stereocenters. The standard InChI is InChI=1S/C17H11ClN4O3S/c18-15-12(22-8-9-26-17(22)19-15)6-7-14(23)24-10-13-20-21-16(25-13)11-4-2-1-3-5-11/h1-9H,10H2. The zero-order valence-corrected chi connectivity index (χ0v) is 14.8. The molecule has 4 aromatic rings. The number of benzene rings is 1. The van der Waals surface area contributed by atoms with Crippen LogP contribution in [0.15, 0.2) is 52.4 Å². The van der Waals surface area contributed by atoms with E-state index in [9.17, 15) is 4.79 Å². The number of halogens is 1. The summed E-state index contributed by atoms with van der Waals surface area (Å²) in [4.78, 5) is 16.8. The molecule has 0 aliphatic heterocycles. The first-order chi connectivity index (χ1) is 12.7. The van der Waals surface area contributed by atoms with Crippen LogP contribution >= 0.6 is 22.9 Å². The maximum atomic E-state index is 11.9. The van der Waals surface area contributed by atoms with Crippen LogP contribution in [0.4, 0.5) is 0 Å². The van der Waals surface area contributed by atoms with Crippen LogP contribution < -0.4 is 0 Å². The molecule has 0 fully saturated rings. The molecule has 0 aliphatic rings. The van der Waals surface area contributed by atoms with E-state index in [1.54, 1.807) is 10.5 Å². The number of imidazole rings is 1. The van der Waals surface area contributed by atoms with E-state index in [-0.39, 0.29) is 12.5 Å². The first-order valence-electron chi connectivity index (χ1n) is 7.54. The summed E-state index contributed by atoms with van der Waals surface area (Å²) in [5, 5.41) is 10.0. The number of esters is 1. The average Bonchev–Trinajstić information content (AvgIpc) is 3.36. The maximum absolute atomic E-state index is 11.9. The lowest BCUT2D eigenvalue weighted by molar-refractivity contribution is -0.139. The minimum Gasteiger partial charge on any atom is -0.452 e. The van der Waals surface area contributed by atoms with Crippen LogP contribution in [-0.4, -0.2) is 25.6 Å². The molecule has 0 N–H and O–H groups in total. The van der Waals surface area contributed by atoms with Crippen LogP contribution in [0, 0.1) is 0 Å². The van der Waals surface area contributed by atoms with Crippen LogP contribution in [-0.2, 0) is 16.1 Å². The van der Waals surface area contributed by atoms with Crippen molar-refractivity contribution in [3.8, 4) is 11.5 Å². The quantitative estimate of drug-likeness (QED) is 0.382. The van der Waals surface area contributed by atoms with Crippen molar-refractivity contribution in [1.29, 1.82) is 0 Å². The Bertz CT molecular complexity index is 1080. The molecule has 3 aromatic heterocycles. The summed E-state index contributed by atoms with van der Waals surface area (Å²) in [6, 6.07) is 9.34. The van der Waals surface area contributed by atoms with Gasteiger partial charge in [-0.2, -0.15) is 0 Å². The second-order valence-electron chi connectivity index (χ2n) is 5.15. The average molecular weight is 387 g/mol. The fourth-order valence-corrected chi connectivity index (χ4v) is 3.27. The van der Waals surface area contributed by atoms with Gasteiger partial charge in [0.25, 0.3) is 5.89 Å². The molecule has 0 atom stereocenters. The van der Waals surface area contributed by atoms with Crippen molar-refractivity contribution >= 4 is 39.9 Å². The number of ether oxygens (including phenoxy) is 1. The van der Waals surface area contributed by atoms with Crippen LogP contribution in [0.25, 0.3) is 22.5 Å². The van der Waals surface area contributed by atoms with Crippen molar-refractivity contribution in [1.82, 2.24) is 19.6 Å². The molecule has 0 spiro atoms. The Hall–Kier alpha value is -2.97. The molecule has 0 aliphatic carbocycles. The van der Waals surface area contributed by atoms with Gasteiger partial charge in [-0.25, -0.2) is 9.78 Å². The zero-order chi connectivity index (χ0) is 17.9. The summed E-state index contributed by atoms with van der Waals surface area (Å²) in [6.45, 7) is -0.114. The van der Waals surface area contributed by atoms with Crippen molar-refractivity contribution in [2.24, 2.45) is 0 Å². The molecule has 1 aromatic carbocycles. The molecule has 0 radical (unpaired) electrons. The van der Waals surface area contributed by atoms with E-state index in [1.165, 1.54) is 17.4 Å². The van der Waals surface area contributed by atoms with Gasteiger partial charge in [-0.1, -0.05) is 29.8 Å². The number of rotatable bonds is 5. The zero-order valence-electron chi connectivity index (χ0n) is 13.2. The monoisotopic (exact) mass is 386 g/mol. The Balaban J connectivity index is 1.39. The lowest BCUT2D eigenvalue weighted by Crippen LogP contribution is -2.01. The Morgan fingerprint density at radius 3 is 3.00 bits per heavy atom. The van der Waals surface area contributed by atoms with Crippen LogP contribution in [0.5, 0.6) is 0 Å². The number of carbonyl (C=O) groups is 1. The first kappa shape index (κ1) is 16.5. The summed E-state index contributed by atoms with van der Waals surface area (Å²) in [6.07, 6.45) is 4.66. The van der Waals surface area contributed by atoms with Crippen molar-refractivity contribution < 1.29 is 13.9 Å². The fourth-order valence-electron chi connectivity index (χ4n) is 2.26. The van der Waals surface area contributed by atoms with Crippen molar-refractivity contribution in [3.63, 3.8) is 0 Å². The smallest absolute Gasteiger partial charge is 0.331 e. The van der Waals surface area contributed by atoms with Crippen LogP contribution in [0.1, 0.15) is 11.6 Å². The number of aromatic nitrogens is 4. The van der Waals surface area contributed by atoms with E-state index < -0.39 is 5.97 Å². The van der Waals surface area contributed by atoms with Crippen molar-refractivity contribution in [2.45, 2.75) is 6.61 Å². The minimum absolute atomic E-state index is 0.114. The van der Waals surface area contributed by atoms with E-state index in [0.29, 0.717) is 16.7 Å². The summed E-state index contributed by atoms with van der Waals surface area (Å²) in [5.74, 6) is 0.0389. The number of hydrogen-bond donors (Lipinski definition) is 0. The van der Waals surface area contributed by atoms with Gasteiger partial charge in [0.2, 0.25) is 5.89 Å². The number of carbonyl (C=O) groups excluding carboxylic acids is 1. The molecule has 7 nitrogen and oxygen atoms in total. The molecule has 130 valence electrons. The SMILES string of the molecule is O=C(C=Cc1c(Cl)nc2sccn12)OCc1nnc(-c2ccccc2)o1. The highest BCUT2D eigenvalue weighted by molar-refractivity contribution is 7.15. The van der Waals surface area contributed by atoms with E-state index in [2.05, 4.69) is 15.2 Å². The Morgan fingerprint density at radius 2 is 2.15 bits per heavy atom. The highest BCUT2D eigenvalue weighted by Crippen LogP contribution is 2.22. The Labute approximate surface area is 156 Å². The summed E-state index contributed by atoms with van der Waals surface area (Å²) >= 11 is 7.52. The maximum Gasteiger partial charge on any atom is 0.331 e. The fraction of sp³-hybridized carbons (Fsp3) is 0.0588. The number of thiazole rings is 1. The summed E-state index contributed by atoms with van der Waals surface area (Å²) in [5.41, 5.74) is 1.41. The predicted molar refractivity (Wildman–Crippen MR) is 96.6 cm³/mol. The van der Waals surface area contributed by atoms with Crippen molar-refractivity contribution in [3.05, 3.63) is 64.7 Å². The molecule has 0 bridgehead atoms. The van der Waals surface area contributed by atoms with Gasteiger partial charge in [0, 0.05) is 23.2 Å². The van der Waals surface area contributed by atoms with E-state index in [1.807, 2.05) is 41.9 Å². The second kappa shape index (κ2) is 7.11. The number of nitrogens with zero attached hydrogens (tertiary/aromatic N) is 4. The van der Waals surface area contributed by atoms with Gasteiger partial charge in [-0.05, 0) is 18.2 Å². The number of hydrogen-bond acceptors (Lipinski definition) is 7. The third kappa shape index (κ3) is 3.37. The molecule has 0 amide bonds. The topological polar surface area (TPSA) is 82.5 Å². The molecular weight excluding hydrogens is 376 g/mol. The van der Waals surface area contributed by atoms with Crippen molar-refractivity contribution in [2.75, 3.05) is 0 Å². The summed E-state index contributed by atoms with van der Waals surface area (Å²) < 4.78 is 12.4. The molecule has 26 heavy (non-hydrogen) atoms. The van der Waals surface area contributed by atoms with Gasteiger partial charge in [-0.3, -0.25) is 4.40 Å². The normalized spacial score (nSPS) is 11.4. The van der Waals surface area contributed by atoms with Crippen LogP contribution in [0.2, 0.25) is 5.15 Å². The molecule has 0 saturated heterocycles. The molecule has 0 saturated carbocycles. The lowest BCUT2D eigenvalue weighted by atomic mass is 10.2. The minimum atomic E-state index is -0.550. The van der Waals surface area contributed by atoms with E-state index >= 15 is 0 Å². The molecule has 3 heterocycles. The molecule has 4 rings (SSSR count). The Kier molecular flexibility index (Phi) is 4.51. The van der Waals surface area contributed by atoms with Gasteiger partial charge in [0.1, 0.15) is 0 Å². The van der Waals surface area contributed by atoms with Gasteiger partial charge < -0.3 is 9.15 Å². The van der Waals surface area contributed by atoms with Gasteiger partial charge >= 0.3 is 5.97 Å². The second-order valence-corrected chi connectivity index (χ2v) is 6.38. The van der Waals surface area contributed by atoms with Gasteiger partial charge in [0.15, 0.2) is 16.7 Å². The van der Waals surface area contributed by atoms with E-state index in [0.717, 1.165) is 10.5 Å². The highest BCUT2D eigenvalue weighted by Gasteiger charge is 2.11. The molecular formula is C17H11ClN4O3S. The Morgan fingerprint density at radius 1 is 1.31 bits per heavy atom. The van der Waals surface area contributed by atoms with E-state index in [4.69, 9.17) is 20.8 Å². The predicted octanol–water partition coefficient (Wildman–Crippen LogP) is 3.86. The summed E-state index contributed by atoms with van der Waals surface area (Å²) in [7, 11) is 0. The first-order valence-corrected chi connectivity index (χ1v) is 8.80.